The smallest absolute Gasteiger partial charge is 0.277 e. The van der Waals surface area contributed by atoms with Crippen LogP contribution in [0.4, 0.5) is 11.6 Å². The van der Waals surface area contributed by atoms with Crippen LogP contribution in [-0.4, -0.2) is 55.9 Å². The SMILES string of the molecule is CCC1CN(c2cnc(C(=O)Nc3cn4cc(C)nc4c(C)n3)cn2)CCN1. The lowest BCUT2D eigenvalue weighted by molar-refractivity contribution is 0.102. The van der Waals surface area contributed by atoms with E-state index in [1.54, 1.807) is 12.4 Å². The summed E-state index contributed by atoms with van der Waals surface area (Å²) in [5.41, 5.74) is 2.68. The Kier molecular flexibility index (Phi) is 4.91. The molecule has 0 spiro atoms. The Morgan fingerprint density at radius 3 is 2.86 bits per heavy atom. The van der Waals surface area contributed by atoms with Gasteiger partial charge < -0.3 is 19.9 Å². The lowest BCUT2D eigenvalue weighted by Gasteiger charge is -2.33. The molecule has 1 aliphatic rings. The van der Waals surface area contributed by atoms with Gasteiger partial charge in [0.15, 0.2) is 5.65 Å². The molecular formula is C19H24N8O. The topological polar surface area (TPSA) is 100 Å². The molecule has 3 aromatic rings. The van der Waals surface area contributed by atoms with Gasteiger partial charge in [-0.25, -0.2) is 19.9 Å². The molecule has 0 radical (unpaired) electrons. The summed E-state index contributed by atoms with van der Waals surface area (Å²) in [6, 6.07) is 0.453. The molecule has 2 N–H and O–H groups in total. The highest BCUT2D eigenvalue weighted by Crippen LogP contribution is 2.15. The van der Waals surface area contributed by atoms with Gasteiger partial charge >= 0.3 is 0 Å². The first kappa shape index (κ1) is 18.3. The quantitative estimate of drug-likeness (QED) is 0.709. The van der Waals surface area contributed by atoms with Crippen molar-refractivity contribution in [2.75, 3.05) is 29.9 Å². The Hall–Kier alpha value is -3.07. The number of fused-ring (bicyclic) bond motifs is 1. The first-order valence-electron chi connectivity index (χ1n) is 9.48. The summed E-state index contributed by atoms with van der Waals surface area (Å²) >= 11 is 0. The van der Waals surface area contributed by atoms with Crippen LogP contribution in [-0.2, 0) is 0 Å². The van der Waals surface area contributed by atoms with Gasteiger partial charge in [-0.1, -0.05) is 6.92 Å². The van der Waals surface area contributed by atoms with Crippen LogP contribution in [0.2, 0.25) is 0 Å². The number of carbonyl (C=O) groups excluding carboxylic acids is 1. The fraction of sp³-hybridized carbons (Fsp3) is 0.421. The molecule has 0 aromatic carbocycles. The predicted octanol–water partition coefficient (Wildman–Crippen LogP) is 1.58. The number of nitrogens with one attached hydrogen (secondary N) is 2. The molecule has 4 heterocycles. The van der Waals surface area contributed by atoms with E-state index in [1.165, 1.54) is 6.20 Å². The van der Waals surface area contributed by atoms with Gasteiger partial charge in [0.1, 0.15) is 17.3 Å². The summed E-state index contributed by atoms with van der Waals surface area (Å²) in [6.45, 7) is 8.64. The van der Waals surface area contributed by atoms with E-state index in [2.05, 4.69) is 42.4 Å². The Morgan fingerprint density at radius 1 is 1.25 bits per heavy atom. The van der Waals surface area contributed by atoms with E-state index in [0.717, 1.165) is 48.9 Å². The summed E-state index contributed by atoms with van der Waals surface area (Å²) < 4.78 is 1.86. The van der Waals surface area contributed by atoms with Crippen LogP contribution < -0.4 is 15.5 Å². The van der Waals surface area contributed by atoms with E-state index in [4.69, 9.17) is 0 Å². The number of aryl methyl sites for hydroxylation is 2. The molecule has 1 atom stereocenters. The van der Waals surface area contributed by atoms with E-state index in [9.17, 15) is 4.79 Å². The maximum Gasteiger partial charge on any atom is 0.277 e. The molecular weight excluding hydrogens is 356 g/mol. The summed E-state index contributed by atoms with van der Waals surface area (Å²) in [4.78, 5) is 32.3. The van der Waals surface area contributed by atoms with Gasteiger partial charge in [-0.05, 0) is 20.3 Å². The Bertz CT molecular complexity index is 997. The van der Waals surface area contributed by atoms with Gasteiger partial charge in [0.05, 0.1) is 30.0 Å². The molecule has 1 amide bonds. The van der Waals surface area contributed by atoms with Crippen molar-refractivity contribution in [2.45, 2.75) is 33.2 Å². The fourth-order valence-electron chi connectivity index (χ4n) is 3.42. The first-order chi connectivity index (χ1) is 13.5. The van der Waals surface area contributed by atoms with Crippen LogP contribution >= 0.6 is 0 Å². The number of nitrogens with zero attached hydrogens (tertiary/aromatic N) is 6. The highest BCUT2D eigenvalue weighted by Gasteiger charge is 2.20. The minimum absolute atomic E-state index is 0.257. The van der Waals surface area contributed by atoms with Crippen molar-refractivity contribution in [1.82, 2.24) is 29.7 Å². The molecule has 0 bridgehead atoms. The molecule has 146 valence electrons. The third-order valence-corrected chi connectivity index (χ3v) is 4.91. The highest BCUT2D eigenvalue weighted by atomic mass is 16.1. The van der Waals surface area contributed by atoms with E-state index in [0.29, 0.717) is 11.9 Å². The van der Waals surface area contributed by atoms with E-state index >= 15 is 0 Å². The van der Waals surface area contributed by atoms with Crippen molar-refractivity contribution in [3.8, 4) is 0 Å². The number of rotatable bonds is 4. The zero-order valence-corrected chi connectivity index (χ0v) is 16.3. The number of piperazine rings is 1. The Morgan fingerprint density at radius 2 is 2.11 bits per heavy atom. The van der Waals surface area contributed by atoms with E-state index in [1.807, 2.05) is 24.4 Å². The standard InChI is InChI=1S/C19H24N8O/c1-4-14-10-26(6-5-20-14)17-8-21-15(7-22-17)19(28)25-16-11-27-9-12(2)23-18(27)13(3)24-16/h7-9,11,14,20H,4-6,10H2,1-3H3,(H,25,28). The predicted molar refractivity (Wildman–Crippen MR) is 107 cm³/mol. The number of hydrogen-bond acceptors (Lipinski definition) is 7. The lowest BCUT2D eigenvalue weighted by Crippen LogP contribution is -2.50. The third-order valence-electron chi connectivity index (χ3n) is 4.91. The molecule has 1 aliphatic heterocycles. The van der Waals surface area contributed by atoms with Crippen LogP contribution in [0.3, 0.4) is 0 Å². The van der Waals surface area contributed by atoms with Crippen molar-refractivity contribution in [3.05, 3.63) is 41.9 Å². The largest absolute Gasteiger partial charge is 0.353 e. The number of carbonyl (C=O) groups is 1. The van der Waals surface area contributed by atoms with Gasteiger partial charge in [0.2, 0.25) is 0 Å². The minimum Gasteiger partial charge on any atom is -0.353 e. The molecule has 1 saturated heterocycles. The summed E-state index contributed by atoms with van der Waals surface area (Å²) in [5, 5.41) is 6.27. The number of aromatic nitrogens is 5. The van der Waals surface area contributed by atoms with Gasteiger partial charge in [-0.2, -0.15) is 0 Å². The van der Waals surface area contributed by atoms with Crippen molar-refractivity contribution in [3.63, 3.8) is 0 Å². The zero-order chi connectivity index (χ0) is 19.7. The average molecular weight is 380 g/mol. The van der Waals surface area contributed by atoms with E-state index < -0.39 is 0 Å². The van der Waals surface area contributed by atoms with Gasteiger partial charge in [0, 0.05) is 31.9 Å². The van der Waals surface area contributed by atoms with Crippen LogP contribution in [0.15, 0.2) is 24.8 Å². The van der Waals surface area contributed by atoms with Gasteiger partial charge in [-0.3, -0.25) is 4.79 Å². The second kappa shape index (κ2) is 7.51. The Balaban J connectivity index is 1.48. The summed E-state index contributed by atoms with van der Waals surface area (Å²) in [7, 11) is 0. The number of amides is 1. The molecule has 9 heteroatoms. The van der Waals surface area contributed by atoms with Crippen molar-refractivity contribution in [1.29, 1.82) is 0 Å². The van der Waals surface area contributed by atoms with Crippen LogP contribution in [0.1, 0.15) is 35.2 Å². The maximum absolute atomic E-state index is 12.6. The monoisotopic (exact) mass is 380 g/mol. The highest BCUT2D eigenvalue weighted by molar-refractivity contribution is 6.02. The summed E-state index contributed by atoms with van der Waals surface area (Å²) in [5.74, 6) is 0.904. The molecule has 1 unspecified atom stereocenters. The normalized spacial score (nSPS) is 17.1. The Labute approximate surface area is 163 Å². The first-order valence-corrected chi connectivity index (χ1v) is 9.48. The van der Waals surface area contributed by atoms with Crippen LogP contribution in [0.25, 0.3) is 5.65 Å². The van der Waals surface area contributed by atoms with Gasteiger partial charge in [0.25, 0.3) is 5.91 Å². The number of imidazole rings is 1. The molecule has 0 saturated carbocycles. The minimum atomic E-state index is -0.339. The molecule has 9 nitrogen and oxygen atoms in total. The molecule has 3 aromatic heterocycles. The van der Waals surface area contributed by atoms with Crippen LogP contribution in [0, 0.1) is 13.8 Å². The van der Waals surface area contributed by atoms with Crippen LogP contribution in [0.5, 0.6) is 0 Å². The second-order valence-electron chi connectivity index (χ2n) is 7.04. The molecule has 1 fully saturated rings. The molecule has 0 aliphatic carbocycles. The van der Waals surface area contributed by atoms with Gasteiger partial charge in [-0.15, -0.1) is 0 Å². The van der Waals surface area contributed by atoms with E-state index in [-0.39, 0.29) is 11.6 Å². The molecule has 4 rings (SSSR count). The number of hydrogen-bond donors (Lipinski definition) is 2. The lowest BCUT2D eigenvalue weighted by atomic mass is 10.1. The summed E-state index contributed by atoms with van der Waals surface area (Å²) in [6.07, 6.45) is 7.88. The average Bonchev–Trinajstić information content (AvgIpc) is 3.09. The zero-order valence-electron chi connectivity index (χ0n) is 16.3. The third kappa shape index (κ3) is 3.65. The fourth-order valence-corrected chi connectivity index (χ4v) is 3.42. The van der Waals surface area contributed by atoms with Crippen molar-refractivity contribution in [2.24, 2.45) is 0 Å². The van der Waals surface area contributed by atoms with Crippen molar-refractivity contribution < 1.29 is 4.79 Å². The maximum atomic E-state index is 12.6. The number of anilines is 2. The second-order valence-corrected chi connectivity index (χ2v) is 7.04. The molecule has 28 heavy (non-hydrogen) atoms. The van der Waals surface area contributed by atoms with Crippen molar-refractivity contribution >= 4 is 23.2 Å².